The molecule has 9 nitrogen and oxygen atoms in total. The molecule has 2 fully saturated rings. The van der Waals surface area contributed by atoms with Gasteiger partial charge in [-0.05, 0) is 44.0 Å². The van der Waals surface area contributed by atoms with Gasteiger partial charge in [-0.25, -0.2) is 9.97 Å². The van der Waals surface area contributed by atoms with Crippen LogP contribution < -0.4 is 15.1 Å². The molecule has 0 saturated carbocycles. The van der Waals surface area contributed by atoms with Crippen LogP contribution in [0.2, 0.25) is 0 Å². The maximum atomic E-state index is 5.56. The molecule has 1 atom stereocenters. The molecule has 6 rings (SSSR count). The fourth-order valence-electron chi connectivity index (χ4n) is 5.38. The Hall–Kier alpha value is -3.43. The summed E-state index contributed by atoms with van der Waals surface area (Å²) in [5.41, 5.74) is 5.87. The van der Waals surface area contributed by atoms with Crippen molar-refractivity contribution in [3.05, 3.63) is 53.5 Å². The van der Waals surface area contributed by atoms with E-state index >= 15 is 0 Å². The molecule has 0 bridgehead atoms. The average Bonchev–Trinajstić information content (AvgIpc) is 3.30. The highest BCUT2D eigenvalue weighted by atomic mass is 16.5. The fraction of sp³-hybridized carbons (Fsp3) is 0.444. The number of hydrogen-bond donors (Lipinski definition) is 1. The summed E-state index contributed by atoms with van der Waals surface area (Å²) in [7, 11) is 0. The van der Waals surface area contributed by atoms with Crippen LogP contribution in [0.25, 0.3) is 16.7 Å². The van der Waals surface area contributed by atoms with E-state index in [4.69, 9.17) is 19.4 Å². The highest BCUT2D eigenvalue weighted by molar-refractivity contribution is 5.93. The minimum absolute atomic E-state index is 0.0557. The van der Waals surface area contributed by atoms with E-state index in [9.17, 15) is 0 Å². The van der Waals surface area contributed by atoms with E-state index in [-0.39, 0.29) is 6.04 Å². The number of morpholine rings is 2. The molecule has 1 unspecified atom stereocenters. The van der Waals surface area contributed by atoms with Crippen LogP contribution in [0.1, 0.15) is 29.8 Å². The second-order valence-corrected chi connectivity index (χ2v) is 9.61. The summed E-state index contributed by atoms with van der Waals surface area (Å²) in [6, 6.07) is 8.78. The van der Waals surface area contributed by atoms with Gasteiger partial charge in [0.1, 0.15) is 11.6 Å². The predicted molar refractivity (Wildman–Crippen MR) is 142 cm³/mol. The first-order valence-electron chi connectivity index (χ1n) is 12.8. The summed E-state index contributed by atoms with van der Waals surface area (Å²) in [6.45, 7) is 13.0. The quantitative estimate of drug-likeness (QED) is 0.456. The molecule has 1 N–H and O–H groups in total. The van der Waals surface area contributed by atoms with Crippen LogP contribution in [0.3, 0.4) is 0 Å². The Kier molecular flexibility index (Phi) is 6.10. The van der Waals surface area contributed by atoms with Crippen LogP contribution in [0.15, 0.2) is 36.7 Å². The van der Waals surface area contributed by atoms with Gasteiger partial charge in [0.25, 0.3) is 0 Å². The smallest absolute Gasteiger partial charge is 0.236 e. The van der Waals surface area contributed by atoms with E-state index in [2.05, 4.69) is 62.6 Å². The third kappa shape index (κ3) is 4.12. The molecule has 2 aliphatic heterocycles. The Morgan fingerprint density at radius 2 is 1.64 bits per heavy atom. The summed E-state index contributed by atoms with van der Waals surface area (Å²) >= 11 is 0. The Bertz CT molecular complexity index is 1390. The van der Waals surface area contributed by atoms with Crippen molar-refractivity contribution in [2.75, 3.05) is 67.7 Å². The first-order chi connectivity index (χ1) is 17.6. The number of aryl methyl sites for hydroxylation is 1. The molecule has 1 aromatic carbocycles. The summed E-state index contributed by atoms with van der Waals surface area (Å²) in [4.78, 5) is 19.0. The number of fused-ring (bicyclic) bond motifs is 3. The zero-order valence-electron chi connectivity index (χ0n) is 21.2. The Morgan fingerprint density at radius 3 is 2.39 bits per heavy atom. The molecule has 5 heterocycles. The van der Waals surface area contributed by atoms with Gasteiger partial charge < -0.3 is 24.6 Å². The lowest BCUT2D eigenvalue weighted by Gasteiger charge is -2.31. The Morgan fingerprint density at radius 1 is 0.917 bits per heavy atom. The van der Waals surface area contributed by atoms with Crippen molar-refractivity contribution in [3.63, 3.8) is 0 Å². The summed E-state index contributed by atoms with van der Waals surface area (Å²) in [6.07, 6.45) is 3.81. The monoisotopic (exact) mass is 487 g/mol. The standard InChI is InChI=1S/C27H33N7O2/c1-18-16-29-27-31-26(22-15-25(28-17-24(22)34(18)27)33-9-13-36-14-10-33)30-20(3)21-5-4-6-23(19(21)2)32-7-11-35-12-8-32/h4-6,15-17,20H,7-14H2,1-3H3,(H,29,30,31). The van der Waals surface area contributed by atoms with Crippen molar-refractivity contribution < 1.29 is 9.47 Å². The van der Waals surface area contributed by atoms with Crippen LogP contribution in [0.4, 0.5) is 17.3 Å². The van der Waals surface area contributed by atoms with Gasteiger partial charge in [0.05, 0.1) is 50.4 Å². The van der Waals surface area contributed by atoms with Gasteiger partial charge in [-0.1, -0.05) is 12.1 Å². The van der Waals surface area contributed by atoms with Crippen molar-refractivity contribution in [1.29, 1.82) is 0 Å². The molecular weight excluding hydrogens is 454 g/mol. The first-order valence-corrected chi connectivity index (χ1v) is 12.8. The normalized spacial score (nSPS) is 17.6. The zero-order chi connectivity index (χ0) is 24.6. The van der Waals surface area contributed by atoms with Crippen molar-refractivity contribution >= 4 is 34.0 Å². The number of pyridine rings is 1. The van der Waals surface area contributed by atoms with Crippen LogP contribution in [-0.2, 0) is 9.47 Å². The Labute approximate surface area is 211 Å². The van der Waals surface area contributed by atoms with Crippen LogP contribution in [0.5, 0.6) is 0 Å². The fourth-order valence-corrected chi connectivity index (χ4v) is 5.38. The number of benzene rings is 1. The number of nitrogens with one attached hydrogen (secondary N) is 1. The van der Waals surface area contributed by atoms with Gasteiger partial charge >= 0.3 is 0 Å². The van der Waals surface area contributed by atoms with Gasteiger partial charge in [0.2, 0.25) is 5.78 Å². The van der Waals surface area contributed by atoms with Gasteiger partial charge in [-0.3, -0.25) is 4.40 Å². The van der Waals surface area contributed by atoms with Gasteiger partial charge in [-0.2, -0.15) is 4.98 Å². The number of rotatable bonds is 5. The summed E-state index contributed by atoms with van der Waals surface area (Å²) in [5.74, 6) is 2.45. The maximum absolute atomic E-state index is 5.56. The average molecular weight is 488 g/mol. The molecule has 0 spiro atoms. The molecule has 0 radical (unpaired) electrons. The maximum Gasteiger partial charge on any atom is 0.236 e. The van der Waals surface area contributed by atoms with Crippen molar-refractivity contribution in [2.45, 2.75) is 26.8 Å². The minimum atomic E-state index is 0.0557. The first kappa shape index (κ1) is 23.0. The molecule has 188 valence electrons. The number of ether oxygens (including phenoxy) is 2. The second kappa shape index (κ2) is 9.55. The molecule has 0 aliphatic carbocycles. The number of imidazole rings is 1. The molecule has 2 saturated heterocycles. The lowest BCUT2D eigenvalue weighted by atomic mass is 9.99. The topological polar surface area (TPSA) is 80.0 Å². The third-order valence-corrected chi connectivity index (χ3v) is 7.35. The highest BCUT2D eigenvalue weighted by Crippen LogP contribution is 2.33. The highest BCUT2D eigenvalue weighted by Gasteiger charge is 2.20. The third-order valence-electron chi connectivity index (χ3n) is 7.35. The van der Waals surface area contributed by atoms with Crippen molar-refractivity contribution in [1.82, 2.24) is 19.4 Å². The lowest BCUT2D eigenvalue weighted by Crippen LogP contribution is -2.36. The van der Waals surface area contributed by atoms with Gasteiger partial charge in [0, 0.05) is 42.9 Å². The van der Waals surface area contributed by atoms with Crippen molar-refractivity contribution in [2.24, 2.45) is 0 Å². The second-order valence-electron chi connectivity index (χ2n) is 9.61. The predicted octanol–water partition coefficient (Wildman–Crippen LogP) is 3.74. The largest absolute Gasteiger partial charge is 0.378 e. The molecule has 2 aliphatic rings. The minimum Gasteiger partial charge on any atom is -0.378 e. The molecule has 4 aromatic rings. The SMILES string of the molecule is Cc1c(C(C)Nc2nc3ncc(C)n3c3cnc(N4CCOCC4)cc23)cccc1N1CCOCC1. The molecule has 0 amide bonds. The molecule has 3 aromatic heterocycles. The van der Waals surface area contributed by atoms with E-state index in [0.29, 0.717) is 5.78 Å². The number of hydrogen-bond acceptors (Lipinski definition) is 8. The molecular formula is C27H33N7O2. The van der Waals surface area contributed by atoms with E-state index in [1.54, 1.807) is 0 Å². The van der Waals surface area contributed by atoms with Crippen LogP contribution in [-0.4, -0.2) is 72.0 Å². The molecule has 9 heteroatoms. The van der Waals surface area contributed by atoms with E-state index in [1.807, 2.05) is 19.3 Å². The van der Waals surface area contributed by atoms with Crippen molar-refractivity contribution in [3.8, 4) is 0 Å². The van der Waals surface area contributed by atoms with Crippen LogP contribution in [0, 0.1) is 13.8 Å². The number of aromatic nitrogens is 4. The molecule has 36 heavy (non-hydrogen) atoms. The summed E-state index contributed by atoms with van der Waals surface area (Å²) < 4.78 is 13.2. The van der Waals surface area contributed by atoms with E-state index in [1.165, 1.54) is 16.8 Å². The lowest BCUT2D eigenvalue weighted by molar-refractivity contribution is 0.122. The van der Waals surface area contributed by atoms with E-state index < -0.39 is 0 Å². The Balaban J connectivity index is 1.39. The number of anilines is 3. The van der Waals surface area contributed by atoms with Crippen LogP contribution >= 0.6 is 0 Å². The zero-order valence-corrected chi connectivity index (χ0v) is 21.2. The van der Waals surface area contributed by atoms with Gasteiger partial charge in [0.15, 0.2) is 0 Å². The van der Waals surface area contributed by atoms with Gasteiger partial charge in [-0.15, -0.1) is 0 Å². The number of nitrogens with zero attached hydrogens (tertiary/aromatic N) is 6. The summed E-state index contributed by atoms with van der Waals surface area (Å²) in [5, 5.41) is 4.76. The van der Waals surface area contributed by atoms with E-state index in [0.717, 1.165) is 80.8 Å².